The van der Waals surface area contributed by atoms with Gasteiger partial charge in [-0.1, -0.05) is 13.8 Å². The topological polar surface area (TPSA) is 52.0 Å². The number of hydrogen-bond acceptors (Lipinski definition) is 2. The summed E-state index contributed by atoms with van der Waals surface area (Å²) < 4.78 is 0. The van der Waals surface area contributed by atoms with Crippen LogP contribution in [0.3, 0.4) is 0 Å². The van der Waals surface area contributed by atoms with E-state index in [0.717, 1.165) is 22.5 Å². The number of hydrogen-bond donors (Lipinski definition) is 2. The van der Waals surface area contributed by atoms with Crippen molar-refractivity contribution in [3.63, 3.8) is 0 Å². The van der Waals surface area contributed by atoms with Gasteiger partial charge < -0.3 is 11.5 Å². The van der Waals surface area contributed by atoms with Gasteiger partial charge in [0, 0.05) is 0 Å². The van der Waals surface area contributed by atoms with E-state index in [9.17, 15) is 0 Å². The summed E-state index contributed by atoms with van der Waals surface area (Å²) >= 11 is 0. The van der Waals surface area contributed by atoms with Crippen molar-refractivity contribution in [1.29, 1.82) is 0 Å². The Balaban J connectivity index is 3.60. The van der Waals surface area contributed by atoms with E-state index in [1.54, 1.807) is 0 Å². The molecule has 14 heavy (non-hydrogen) atoms. The zero-order chi connectivity index (χ0) is 11.0. The molecule has 1 rings (SSSR count). The molecular weight excluding hydrogens is 172 g/mol. The maximum Gasteiger partial charge on any atom is 0.0583 e. The zero-order valence-corrected chi connectivity index (χ0v) is 9.73. The molecule has 0 aromatic heterocycles. The second-order valence-corrected chi connectivity index (χ2v) is 4.27. The normalized spacial score (nSPS) is 11.0. The van der Waals surface area contributed by atoms with Crippen molar-refractivity contribution in [3.05, 3.63) is 22.3 Å². The summed E-state index contributed by atoms with van der Waals surface area (Å²) in [6.45, 7) is 10.6. The van der Waals surface area contributed by atoms with E-state index in [1.165, 1.54) is 11.1 Å². The molecule has 0 atom stereocenters. The molecular formula is C12H20N2. The van der Waals surface area contributed by atoms with Gasteiger partial charge in [-0.3, -0.25) is 0 Å². The zero-order valence-electron chi connectivity index (χ0n) is 9.73. The third-order valence-electron chi connectivity index (χ3n) is 3.05. The lowest BCUT2D eigenvalue weighted by atomic mass is 9.88. The van der Waals surface area contributed by atoms with Crippen LogP contribution >= 0.6 is 0 Å². The van der Waals surface area contributed by atoms with Crippen LogP contribution in [0.5, 0.6) is 0 Å². The van der Waals surface area contributed by atoms with Crippen LogP contribution < -0.4 is 11.5 Å². The highest BCUT2D eigenvalue weighted by molar-refractivity contribution is 5.75. The molecule has 0 unspecified atom stereocenters. The van der Waals surface area contributed by atoms with Crippen LogP contribution in [0.2, 0.25) is 0 Å². The molecule has 0 saturated heterocycles. The van der Waals surface area contributed by atoms with E-state index in [2.05, 4.69) is 20.8 Å². The minimum absolute atomic E-state index is 0.497. The predicted octanol–water partition coefficient (Wildman–Crippen LogP) is 2.90. The summed E-state index contributed by atoms with van der Waals surface area (Å²) in [7, 11) is 0. The molecule has 1 aromatic carbocycles. The Hall–Kier alpha value is -1.18. The molecule has 4 N–H and O–H groups in total. The second-order valence-electron chi connectivity index (χ2n) is 4.27. The van der Waals surface area contributed by atoms with Crippen molar-refractivity contribution in [2.45, 2.75) is 40.5 Å². The fraction of sp³-hybridized carbons (Fsp3) is 0.500. The SMILES string of the molecule is Cc1c(C)c(C(C)C)c(C)c(N)c1N. The van der Waals surface area contributed by atoms with E-state index in [1.807, 2.05) is 13.8 Å². The summed E-state index contributed by atoms with van der Waals surface area (Å²) in [5.74, 6) is 0.497. The minimum Gasteiger partial charge on any atom is -0.397 e. The van der Waals surface area contributed by atoms with Crippen molar-refractivity contribution in [1.82, 2.24) is 0 Å². The molecule has 0 aliphatic rings. The fourth-order valence-corrected chi connectivity index (χ4v) is 2.10. The molecule has 0 bridgehead atoms. The van der Waals surface area contributed by atoms with Crippen molar-refractivity contribution >= 4 is 11.4 Å². The first kappa shape index (κ1) is 10.9. The lowest BCUT2D eigenvalue weighted by Gasteiger charge is -2.20. The first-order valence-corrected chi connectivity index (χ1v) is 5.02. The number of anilines is 2. The third-order valence-corrected chi connectivity index (χ3v) is 3.05. The van der Waals surface area contributed by atoms with E-state index in [4.69, 9.17) is 11.5 Å². The highest BCUT2D eigenvalue weighted by atomic mass is 14.7. The standard InChI is InChI=1S/C12H20N2/c1-6(2)10-7(3)8(4)11(13)12(14)9(10)5/h6H,13-14H2,1-5H3. The van der Waals surface area contributed by atoms with Crippen molar-refractivity contribution in [3.8, 4) is 0 Å². The van der Waals surface area contributed by atoms with Gasteiger partial charge in [-0.05, 0) is 48.9 Å². The smallest absolute Gasteiger partial charge is 0.0583 e. The van der Waals surface area contributed by atoms with Gasteiger partial charge in [-0.25, -0.2) is 0 Å². The number of rotatable bonds is 1. The summed E-state index contributed by atoms with van der Waals surface area (Å²) in [6, 6.07) is 0. The van der Waals surface area contributed by atoms with Crippen molar-refractivity contribution in [2.24, 2.45) is 0 Å². The summed E-state index contributed by atoms with van der Waals surface area (Å²) in [6.07, 6.45) is 0. The van der Waals surface area contributed by atoms with Gasteiger partial charge in [0.2, 0.25) is 0 Å². The first-order chi connectivity index (χ1) is 6.37. The molecule has 1 aromatic rings. The molecule has 0 heterocycles. The lowest BCUT2D eigenvalue weighted by molar-refractivity contribution is 0.845. The first-order valence-electron chi connectivity index (χ1n) is 5.02. The number of nitrogens with two attached hydrogens (primary N) is 2. The minimum atomic E-state index is 0.497. The molecule has 0 saturated carbocycles. The molecule has 0 aliphatic heterocycles. The van der Waals surface area contributed by atoms with Crippen LogP contribution in [-0.4, -0.2) is 0 Å². The van der Waals surface area contributed by atoms with Gasteiger partial charge in [0.05, 0.1) is 11.4 Å². The van der Waals surface area contributed by atoms with Crippen molar-refractivity contribution < 1.29 is 0 Å². The fourth-order valence-electron chi connectivity index (χ4n) is 2.10. The number of nitrogen functional groups attached to an aromatic ring is 2. The quantitative estimate of drug-likeness (QED) is 0.672. The Labute approximate surface area is 86.3 Å². The molecule has 0 fully saturated rings. The Morgan fingerprint density at radius 2 is 1.21 bits per heavy atom. The Kier molecular flexibility index (Phi) is 2.74. The van der Waals surface area contributed by atoms with Gasteiger partial charge in [0.1, 0.15) is 0 Å². The van der Waals surface area contributed by atoms with Crippen LogP contribution in [0.1, 0.15) is 42.0 Å². The van der Waals surface area contributed by atoms with E-state index < -0.39 is 0 Å². The monoisotopic (exact) mass is 192 g/mol. The largest absolute Gasteiger partial charge is 0.397 e. The second kappa shape index (κ2) is 3.52. The molecule has 0 radical (unpaired) electrons. The maximum atomic E-state index is 5.97. The third kappa shape index (κ3) is 1.45. The van der Waals surface area contributed by atoms with E-state index in [0.29, 0.717) is 5.92 Å². The molecule has 0 amide bonds. The van der Waals surface area contributed by atoms with Crippen LogP contribution in [0, 0.1) is 20.8 Å². The molecule has 0 aliphatic carbocycles. The van der Waals surface area contributed by atoms with Crippen LogP contribution in [-0.2, 0) is 0 Å². The summed E-state index contributed by atoms with van der Waals surface area (Å²) in [5, 5.41) is 0. The predicted molar refractivity (Wildman–Crippen MR) is 63.6 cm³/mol. The van der Waals surface area contributed by atoms with E-state index >= 15 is 0 Å². The maximum absolute atomic E-state index is 5.97. The Bertz CT molecular complexity index is 336. The van der Waals surface area contributed by atoms with Gasteiger partial charge in [0.15, 0.2) is 0 Å². The van der Waals surface area contributed by atoms with Crippen LogP contribution in [0.4, 0.5) is 11.4 Å². The highest BCUT2D eigenvalue weighted by Crippen LogP contribution is 2.34. The average molecular weight is 192 g/mol. The molecule has 0 spiro atoms. The van der Waals surface area contributed by atoms with Gasteiger partial charge in [0.25, 0.3) is 0 Å². The van der Waals surface area contributed by atoms with Crippen LogP contribution in [0.25, 0.3) is 0 Å². The molecule has 78 valence electrons. The Morgan fingerprint density at radius 1 is 0.786 bits per heavy atom. The molecule has 2 heteroatoms. The highest BCUT2D eigenvalue weighted by Gasteiger charge is 2.15. The Morgan fingerprint density at radius 3 is 1.64 bits per heavy atom. The van der Waals surface area contributed by atoms with Gasteiger partial charge >= 0.3 is 0 Å². The van der Waals surface area contributed by atoms with Crippen LogP contribution in [0.15, 0.2) is 0 Å². The summed E-state index contributed by atoms with van der Waals surface area (Å²) in [5.41, 5.74) is 18.3. The lowest BCUT2D eigenvalue weighted by Crippen LogP contribution is -2.07. The van der Waals surface area contributed by atoms with E-state index in [-0.39, 0.29) is 0 Å². The van der Waals surface area contributed by atoms with Gasteiger partial charge in [-0.15, -0.1) is 0 Å². The van der Waals surface area contributed by atoms with Gasteiger partial charge in [-0.2, -0.15) is 0 Å². The average Bonchev–Trinajstić information content (AvgIpc) is 2.11. The number of benzene rings is 1. The van der Waals surface area contributed by atoms with Crippen molar-refractivity contribution in [2.75, 3.05) is 11.5 Å². The molecule has 2 nitrogen and oxygen atoms in total. The summed E-state index contributed by atoms with van der Waals surface area (Å²) in [4.78, 5) is 0.